The third-order valence-corrected chi connectivity index (χ3v) is 6.14. The first kappa shape index (κ1) is 18.2. The second-order valence-electron chi connectivity index (χ2n) is 7.66. The van der Waals surface area contributed by atoms with E-state index in [2.05, 4.69) is 14.7 Å². The summed E-state index contributed by atoms with van der Waals surface area (Å²) in [6.45, 7) is 10.5. The molecule has 0 N–H and O–H groups in total. The SMILES string of the molecule is CCOCCN1CCN(CC(=O)N2CCCC3CCCCC32)CC1. The van der Waals surface area contributed by atoms with E-state index in [0.29, 0.717) is 18.5 Å². The Kier molecular flexibility index (Phi) is 6.93. The van der Waals surface area contributed by atoms with Gasteiger partial charge in [0.2, 0.25) is 5.91 Å². The Morgan fingerprint density at radius 2 is 1.67 bits per heavy atom. The van der Waals surface area contributed by atoms with E-state index in [0.717, 1.165) is 58.4 Å². The van der Waals surface area contributed by atoms with Crippen molar-refractivity contribution in [1.82, 2.24) is 14.7 Å². The van der Waals surface area contributed by atoms with Gasteiger partial charge in [0.1, 0.15) is 0 Å². The van der Waals surface area contributed by atoms with Crippen LogP contribution in [0, 0.1) is 5.92 Å². The number of hydrogen-bond donors (Lipinski definition) is 0. The Balaban J connectivity index is 1.42. The topological polar surface area (TPSA) is 36.0 Å². The van der Waals surface area contributed by atoms with Crippen molar-refractivity contribution in [2.75, 3.05) is 59.0 Å². The minimum atomic E-state index is 0.384. The summed E-state index contributed by atoms with van der Waals surface area (Å²) in [5.74, 6) is 1.17. The minimum absolute atomic E-state index is 0.384. The lowest BCUT2D eigenvalue weighted by atomic mass is 9.78. The molecule has 2 atom stereocenters. The third-order valence-electron chi connectivity index (χ3n) is 6.14. The number of amides is 1. The van der Waals surface area contributed by atoms with E-state index in [-0.39, 0.29) is 0 Å². The second-order valence-corrected chi connectivity index (χ2v) is 7.66. The van der Waals surface area contributed by atoms with E-state index in [1.54, 1.807) is 0 Å². The van der Waals surface area contributed by atoms with E-state index in [4.69, 9.17) is 4.74 Å². The monoisotopic (exact) mass is 337 g/mol. The Morgan fingerprint density at radius 1 is 0.958 bits per heavy atom. The fourth-order valence-corrected chi connectivity index (χ4v) is 4.73. The van der Waals surface area contributed by atoms with Crippen LogP contribution in [0.3, 0.4) is 0 Å². The number of fused-ring (bicyclic) bond motifs is 1. The Bertz CT molecular complexity index is 394. The first-order valence-corrected chi connectivity index (χ1v) is 10.1. The number of likely N-dealkylation sites (tertiary alicyclic amines) is 1. The van der Waals surface area contributed by atoms with Crippen LogP contribution in [-0.2, 0) is 9.53 Å². The van der Waals surface area contributed by atoms with E-state index < -0.39 is 0 Å². The summed E-state index contributed by atoms with van der Waals surface area (Å²) in [4.78, 5) is 19.9. The van der Waals surface area contributed by atoms with Gasteiger partial charge in [0.25, 0.3) is 0 Å². The van der Waals surface area contributed by atoms with Crippen LogP contribution in [0.15, 0.2) is 0 Å². The van der Waals surface area contributed by atoms with Crippen molar-refractivity contribution < 1.29 is 9.53 Å². The Labute approximate surface area is 147 Å². The van der Waals surface area contributed by atoms with E-state index in [9.17, 15) is 4.79 Å². The van der Waals surface area contributed by atoms with Crippen LogP contribution < -0.4 is 0 Å². The maximum Gasteiger partial charge on any atom is 0.237 e. The summed E-state index contributed by atoms with van der Waals surface area (Å²) in [5, 5.41) is 0. The van der Waals surface area contributed by atoms with Crippen LogP contribution in [0.2, 0.25) is 0 Å². The van der Waals surface area contributed by atoms with Crippen LogP contribution in [0.25, 0.3) is 0 Å². The molecular weight excluding hydrogens is 302 g/mol. The second kappa shape index (κ2) is 9.16. The summed E-state index contributed by atoms with van der Waals surface area (Å²) in [5.41, 5.74) is 0. The smallest absolute Gasteiger partial charge is 0.237 e. The molecule has 2 aliphatic heterocycles. The molecule has 2 unspecified atom stereocenters. The first-order valence-electron chi connectivity index (χ1n) is 10.1. The predicted octanol–water partition coefficient (Wildman–Crippen LogP) is 1.82. The van der Waals surface area contributed by atoms with Crippen molar-refractivity contribution >= 4 is 5.91 Å². The average molecular weight is 338 g/mol. The Morgan fingerprint density at radius 3 is 2.46 bits per heavy atom. The molecule has 0 radical (unpaired) electrons. The highest BCUT2D eigenvalue weighted by Gasteiger charge is 2.36. The summed E-state index contributed by atoms with van der Waals surface area (Å²) >= 11 is 0. The Hall–Kier alpha value is -0.650. The molecule has 3 aliphatic rings. The van der Waals surface area contributed by atoms with Gasteiger partial charge < -0.3 is 9.64 Å². The van der Waals surface area contributed by atoms with Crippen LogP contribution in [0.5, 0.6) is 0 Å². The summed E-state index contributed by atoms with van der Waals surface area (Å²) in [6.07, 6.45) is 7.80. The van der Waals surface area contributed by atoms with Gasteiger partial charge in [-0.2, -0.15) is 0 Å². The van der Waals surface area contributed by atoms with E-state index in [1.807, 2.05) is 6.92 Å². The van der Waals surface area contributed by atoms with Crippen molar-refractivity contribution in [2.45, 2.75) is 51.5 Å². The van der Waals surface area contributed by atoms with Crippen LogP contribution >= 0.6 is 0 Å². The fourth-order valence-electron chi connectivity index (χ4n) is 4.73. The molecule has 0 aromatic heterocycles. The largest absolute Gasteiger partial charge is 0.380 e. The van der Waals surface area contributed by atoms with Gasteiger partial charge in [-0.3, -0.25) is 14.6 Å². The van der Waals surface area contributed by atoms with Gasteiger partial charge in [0, 0.05) is 51.9 Å². The zero-order valence-corrected chi connectivity index (χ0v) is 15.4. The number of rotatable bonds is 6. The zero-order chi connectivity index (χ0) is 16.8. The van der Waals surface area contributed by atoms with Gasteiger partial charge >= 0.3 is 0 Å². The maximum absolute atomic E-state index is 12.9. The number of piperazine rings is 1. The molecule has 0 aromatic rings. The van der Waals surface area contributed by atoms with Gasteiger partial charge in [-0.05, 0) is 38.5 Å². The molecule has 3 fully saturated rings. The molecular formula is C19H35N3O2. The highest BCUT2D eigenvalue weighted by Crippen LogP contribution is 2.35. The van der Waals surface area contributed by atoms with Gasteiger partial charge in [0.15, 0.2) is 0 Å². The molecule has 2 saturated heterocycles. The molecule has 5 nitrogen and oxygen atoms in total. The van der Waals surface area contributed by atoms with Gasteiger partial charge in [-0.15, -0.1) is 0 Å². The molecule has 1 saturated carbocycles. The van der Waals surface area contributed by atoms with Crippen molar-refractivity contribution in [3.8, 4) is 0 Å². The van der Waals surface area contributed by atoms with Crippen molar-refractivity contribution in [3.63, 3.8) is 0 Å². The molecule has 1 aliphatic carbocycles. The van der Waals surface area contributed by atoms with Crippen LogP contribution in [0.4, 0.5) is 0 Å². The van der Waals surface area contributed by atoms with E-state index in [1.165, 1.54) is 38.5 Å². The first-order chi connectivity index (χ1) is 11.8. The highest BCUT2D eigenvalue weighted by atomic mass is 16.5. The van der Waals surface area contributed by atoms with E-state index >= 15 is 0 Å². The maximum atomic E-state index is 12.9. The summed E-state index contributed by atoms with van der Waals surface area (Å²) in [6, 6.07) is 0.549. The molecule has 2 heterocycles. The lowest BCUT2D eigenvalue weighted by Gasteiger charge is -2.45. The fraction of sp³-hybridized carbons (Fsp3) is 0.947. The van der Waals surface area contributed by atoms with Crippen molar-refractivity contribution in [2.24, 2.45) is 5.92 Å². The molecule has 0 spiro atoms. The summed E-state index contributed by atoms with van der Waals surface area (Å²) < 4.78 is 5.44. The molecule has 0 aromatic carbocycles. The molecule has 5 heteroatoms. The average Bonchev–Trinajstić information content (AvgIpc) is 2.63. The normalized spacial score (nSPS) is 29.5. The van der Waals surface area contributed by atoms with Gasteiger partial charge in [-0.1, -0.05) is 12.8 Å². The quantitative estimate of drug-likeness (QED) is 0.693. The number of piperidine rings is 1. The standard InChI is InChI=1S/C19H35N3O2/c1-2-24-15-14-20-10-12-21(13-11-20)16-19(23)22-9-5-7-17-6-3-4-8-18(17)22/h17-18H,2-16H2,1H3. The number of nitrogens with zero attached hydrogens (tertiary/aromatic N) is 3. The number of carbonyl (C=O) groups is 1. The minimum Gasteiger partial charge on any atom is -0.380 e. The van der Waals surface area contributed by atoms with Gasteiger partial charge in [0.05, 0.1) is 13.2 Å². The van der Waals surface area contributed by atoms with Crippen LogP contribution in [0.1, 0.15) is 45.4 Å². The number of ether oxygens (including phenoxy) is 1. The molecule has 3 rings (SSSR count). The number of carbonyl (C=O) groups excluding carboxylic acids is 1. The summed E-state index contributed by atoms with van der Waals surface area (Å²) in [7, 11) is 0. The molecule has 138 valence electrons. The van der Waals surface area contributed by atoms with Crippen molar-refractivity contribution in [3.05, 3.63) is 0 Å². The van der Waals surface area contributed by atoms with Gasteiger partial charge in [-0.25, -0.2) is 0 Å². The molecule has 0 bridgehead atoms. The van der Waals surface area contributed by atoms with Crippen molar-refractivity contribution in [1.29, 1.82) is 0 Å². The third kappa shape index (κ3) is 4.70. The lowest BCUT2D eigenvalue weighted by molar-refractivity contribution is -0.139. The number of hydrogen-bond acceptors (Lipinski definition) is 4. The highest BCUT2D eigenvalue weighted by molar-refractivity contribution is 5.78. The molecule has 24 heavy (non-hydrogen) atoms. The predicted molar refractivity (Wildman–Crippen MR) is 96.1 cm³/mol. The lowest BCUT2D eigenvalue weighted by Crippen LogP contribution is -2.55. The molecule has 1 amide bonds. The zero-order valence-electron chi connectivity index (χ0n) is 15.4. The van der Waals surface area contributed by atoms with Crippen LogP contribution in [-0.4, -0.2) is 85.7 Å².